The Bertz CT molecular complexity index is 628. The summed E-state index contributed by atoms with van der Waals surface area (Å²) < 4.78 is 1.03. The van der Waals surface area contributed by atoms with Crippen LogP contribution in [0.3, 0.4) is 0 Å². The number of anilines is 3. The normalized spacial score (nSPS) is 10.2. The van der Waals surface area contributed by atoms with Crippen LogP contribution in [0.15, 0.2) is 34.8 Å². The number of rotatable bonds is 5. The molecule has 6 heteroatoms. The van der Waals surface area contributed by atoms with Gasteiger partial charge in [-0.15, -0.1) is 10.2 Å². The molecule has 21 heavy (non-hydrogen) atoms. The number of amides is 1. The van der Waals surface area contributed by atoms with Gasteiger partial charge in [-0.2, -0.15) is 0 Å². The zero-order valence-electron chi connectivity index (χ0n) is 12.0. The van der Waals surface area contributed by atoms with Gasteiger partial charge in [0.2, 0.25) is 5.91 Å². The van der Waals surface area contributed by atoms with Crippen molar-refractivity contribution in [3.8, 4) is 0 Å². The molecule has 2 rings (SSSR count). The van der Waals surface area contributed by atoms with Gasteiger partial charge >= 0.3 is 0 Å². The lowest BCUT2D eigenvalue weighted by atomic mass is 10.2. The van der Waals surface area contributed by atoms with Crippen LogP contribution in [0.2, 0.25) is 0 Å². The summed E-state index contributed by atoms with van der Waals surface area (Å²) in [5.41, 5.74) is 2.07. The lowest BCUT2D eigenvalue weighted by Gasteiger charge is -2.09. The van der Waals surface area contributed by atoms with E-state index in [2.05, 4.69) is 36.8 Å². The predicted molar refractivity (Wildman–Crippen MR) is 87.7 cm³/mol. The van der Waals surface area contributed by atoms with Crippen LogP contribution in [0.4, 0.5) is 17.3 Å². The lowest BCUT2D eigenvalue weighted by molar-refractivity contribution is -0.116. The van der Waals surface area contributed by atoms with E-state index in [9.17, 15) is 4.79 Å². The minimum absolute atomic E-state index is 0.0451. The number of carbonyl (C=O) groups excluding carboxylic acids is 1. The fourth-order valence-corrected chi connectivity index (χ4v) is 2.28. The monoisotopic (exact) mass is 348 g/mol. The van der Waals surface area contributed by atoms with E-state index >= 15 is 0 Å². The summed E-state index contributed by atoms with van der Waals surface area (Å²) in [7, 11) is 0. The average molecular weight is 349 g/mol. The van der Waals surface area contributed by atoms with Crippen molar-refractivity contribution in [3.05, 3.63) is 40.4 Å². The van der Waals surface area contributed by atoms with Gasteiger partial charge in [0.1, 0.15) is 0 Å². The minimum atomic E-state index is -0.0451. The van der Waals surface area contributed by atoms with Crippen molar-refractivity contribution in [2.45, 2.75) is 26.7 Å². The number of nitrogens with zero attached hydrogens (tertiary/aromatic N) is 2. The molecule has 1 heterocycles. The topological polar surface area (TPSA) is 66.9 Å². The number of benzene rings is 1. The number of hydrogen-bond donors (Lipinski definition) is 2. The van der Waals surface area contributed by atoms with Crippen LogP contribution in [0.25, 0.3) is 0 Å². The molecule has 0 aliphatic heterocycles. The summed E-state index contributed by atoms with van der Waals surface area (Å²) in [5, 5.41) is 14.0. The molecule has 5 nitrogen and oxygen atoms in total. The molecule has 0 saturated carbocycles. The van der Waals surface area contributed by atoms with Crippen LogP contribution in [-0.4, -0.2) is 16.1 Å². The highest BCUT2D eigenvalue weighted by atomic mass is 79.9. The van der Waals surface area contributed by atoms with E-state index in [4.69, 9.17) is 0 Å². The molecular formula is C15H17BrN4O. The predicted octanol–water partition coefficient (Wildman–Crippen LogP) is 4.03. The molecule has 2 N–H and O–H groups in total. The van der Waals surface area contributed by atoms with Gasteiger partial charge in [0.15, 0.2) is 11.6 Å². The molecule has 2 aromatic rings. The van der Waals surface area contributed by atoms with Crippen molar-refractivity contribution in [3.63, 3.8) is 0 Å². The molecule has 0 atom stereocenters. The van der Waals surface area contributed by atoms with Crippen molar-refractivity contribution < 1.29 is 4.79 Å². The molecule has 0 spiro atoms. The maximum absolute atomic E-state index is 11.5. The van der Waals surface area contributed by atoms with Gasteiger partial charge in [0.25, 0.3) is 0 Å². The summed E-state index contributed by atoms with van der Waals surface area (Å²) in [4.78, 5) is 11.5. The largest absolute Gasteiger partial charge is 0.339 e. The minimum Gasteiger partial charge on any atom is -0.339 e. The standard InChI is InChI=1S/C15H17BrN4O/c1-3-4-15(21)18-14-8-7-13(19-20-14)17-12-6-5-11(16)9-10(12)2/h5-9H,3-4H2,1-2H3,(H,17,19)(H,18,20,21). The Kier molecular flexibility index (Phi) is 5.27. The van der Waals surface area contributed by atoms with Gasteiger partial charge in [0, 0.05) is 16.6 Å². The quantitative estimate of drug-likeness (QED) is 0.855. The second-order valence-corrected chi connectivity index (χ2v) is 5.60. The SMILES string of the molecule is CCCC(=O)Nc1ccc(Nc2ccc(Br)cc2C)nn1. The Morgan fingerprint density at radius 1 is 1.19 bits per heavy atom. The van der Waals surface area contributed by atoms with E-state index < -0.39 is 0 Å². The Morgan fingerprint density at radius 2 is 1.90 bits per heavy atom. The number of nitrogens with one attached hydrogen (secondary N) is 2. The maximum atomic E-state index is 11.5. The fraction of sp³-hybridized carbons (Fsp3) is 0.267. The Hall–Kier alpha value is -1.95. The van der Waals surface area contributed by atoms with Crippen LogP contribution in [-0.2, 0) is 4.79 Å². The first-order valence-corrected chi connectivity index (χ1v) is 7.54. The molecule has 1 aromatic carbocycles. The zero-order valence-corrected chi connectivity index (χ0v) is 13.6. The van der Waals surface area contributed by atoms with Crippen molar-refractivity contribution in [1.82, 2.24) is 10.2 Å². The molecule has 0 radical (unpaired) electrons. The van der Waals surface area contributed by atoms with E-state index in [1.807, 2.05) is 32.0 Å². The van der Waals surface area contributed by atoms with E-state index in [0.29, 0.717) is 18.1 Å². The molecule has 0 aliphatic rings. The van der Waals surface area contributed by atoms with Crippen LogP contribution in [0, 0.1) is 6.92 Å². The van der Waals surface area contributed by atoms with Crippen molar-refractivity contribution >= 4 is 39.2 Å². The number of aromatic nitrogens is 2. The van der Waals surface area contributed by atoms with Crippen molar-refractivity contribution in [2.75, 3.05) is 10.6 Å². The third-order valence-electron chi connectivity index (χ3n) is 2.86. The van der Waals surface area contributed by atoms with Gasteiger partial charge in [-0.3, -0.25) is 4.79 Å². The third-order valence-corrected chi connectivity index (χ3v) is 3.35. The summed E-state index contributed by atoms with van der Waals surface area (Å²) in [6.07, 6.45) is 1.29. The third kappa shape index (κ3) is 4.53. The second kappa shape index (κ2) is 7.17. The Morgan fingerprint density at radius 3 is 2.52 bits per heavy atom. The van der Waals surface area contributed by atoms with Crippen molar-refractivity contribution in [2.24, 2.45) is 0 Å². The lowest BCUT2D eigenvalue weighted by Crippen LogP contribution is -2.12. The number of hydrogen-bond acceptors (Lipinski definition) is 4. The Balaban J connectivity index is 2.03. The maximum Gasteiger partial charge on any atom is 0.225 e. The highest BCUT2D eigenvalue weighted by molar-refractivity contribution is 9.10. The molecule has 110 valence electrons. The van der Waals surface area contributed by atoms with E-state index in [1.165, 1.54) is 0 Å². The van der Waals surface area contributed by atoms with Gasteiger partial charge < -0.3 is 10.6 Å². The highest BCUT2D eigenvalue weighted by Crippen LogP contribution is 2.22. The molecule has 0 bridgehead atoms. The van der Waals surface area contributed by atoms with E-state index in [0.717, 1.165) is 22.1 Å². The highest BCUT2D eigenvalue weighted by Gasteiger charge is 2.04. The first kappa shape index (κ1) is 15.4. The van der Waals surface area contributed by atoms with Crippen LogP contribution in [0.1, 0.15) is 25.3 Å². The van der Waals surface area contributed by atoms with E-state index in [-0.39, 0.29) is 5.91 Å². The number of halogens is 1. The van der Waals surface area contributed by atoms with Gasteiger partial charge in [-0.05, 0) is 49.2 Å². The summed E-state index contributed by atoms with van der Waals surface area (Å²) in [6, 6.07) is 9.47. The van der Waals surface area contributed by atoms with Gasteiger partial charge in [0.05, 0.1) is 0 Å². The molecular weight excluding hydrogens is 332 g/mol. The molecule has 1 aromatic heterocycles. The summed E-state index contributed by atoms with van der Waals surface area (Å²) in [6.45, 7) is 3.97. The van der Waals surface area contributed by atoms with Gasteiger partial charge in [-0.1, -0.05) is 22.9 Å². The van der Waals surface area contributed by atoms with Crippen LogP contribution >= 0.6 is 15.9 Å². The molecule has 1 amide bonds. The van der Waals surface area contributed by atoms with Crippen LogP contribution in [0.5, 0.6) is 0 Å². The average Bonchev–Trinajstić information content (AvgIpc) is 2.44. The first-order valence-electron chi connectivity index (χ1n) is 6.75. The Labute approximate surface area is 132 Å². The van der Waals surface area contributed by atoms with E-state index in [1.54, 1.807) is 12.1 Å². The molecule has 0 unspecified atom stereocenters. The zero-order chi connectivity index (χ0) is 15.2. The number of carbonyl (C=O) groups is 1. The van der Waals surface area contributed by atoms with Gasteiger partial charge in [-0.25, -0.2) is 0 Å². The number of aryl methyl sites for hydroxylation is 1. The summed E-state index contributed by atoms with van der Waals surface area (Å²) in [5.74, 6) is 1.05. The summed E-state index contributed by atoms with van der Waals surface area (Å²) >= 11 is 3.43. The van der Waals surface area contributed by atoms with Crippen LogP contribution < -0.4 is 10.6 Å². The molecule has 0 fully saturated rings. The molecule has 0 aliphatic carbocycles. The fourth-order valence-electron chi connectivity index (χ4n) is 1.80. The van der Waals surface area contributed by atoms with Crippen molar-refractivity contribution in [1.29, 1.82) is 0 Å². The molecule has 0 saturated heterocycles. The first-order chi connectivity index (χ1) is 10.1. The second-order valence-electron chi connectivity index (χ2n) is 4.69. The smallest absolute Gasteiger partial charge is 0.225 e.